The van der Waals surface area contributed by atoms with Gasteiger partial charge in [0, 0.05) is 13.0 Å². The summed E-state index contributed by atoms with van der Waals surface area (Å²) in [6.45, 7) is 3.94. The van der Waals surface area contributed by atoms with E-state index in [0.29, 0.717) is 24.4 Å². The third-order valence-corrected chi connectivity index (χ3v) is 2.96. The van der Waals surface area contributed by atoms with Gasteiger partial charge in [0.25, 0.3) is 0 Å². The van der Waals surface area contributed by atoms with Crippen LogP contribution in [0.2, 0.25) is 0 Å². The molecule has 0 bridgehead atoms. The maximum absolute atomic E-state index is 10.9. The van der Waals surface area contributed by atoms with Crippen LogP contribution in [0.15, 0.2) is 0 Å². The van der Waals surface area contributed by atoms with E-state index in [4.69, 9.17) is 5.84 Å². The summed E-state index contributed by atoms with van der Waals surface area (Å²) >= 11 is 0. The van der Waals surface area contributed by atoms with E-state index in [1.807, 2.05) is 0 Å². The average molecular weight is 269 g/mol. The highest BCUT2D eigenvalue weighted by molar-refractivity contribution is 5.75. The van der Waals surface area contributed by atoms with Crippen LogP contribution in [0.1, 0.15) is 37.1 Å². The number of carbonyl (C=O) groups is 1. The summed E-state index contributed by atoms with van der Waals surface area (Å²) in [6, 6.07) is 0. The van der Waals surface area contributed by atoms with E-state index in [1.165, 1.54) is 0 Å². The molecule has 0 saturated carbocycles. The van der Waals surface area contributed by atoms with Crippen molar-refractivity contribution in [2.45, 2.75) is 46.1 Å². The van der Waals surface area contributed by atoms with Crippen molar-refractivity contribution in [3.63, 3.8) is 0 Å². The van der Waals surface area contributed by atoms with Gasteiger partial charge in [0.1, 0.15) is 11.4 Å². The van der Waals surface area contributed by atoms with Crippen LogP contribution in [-0.4, -0.2) is 20.6 Å². The molecule has 0 saturated heterocycles. The first-order valence-corrected chi connectivity index (χ1v) is 6.15. The normalized spacial score (nSPS) is 10.5. The van der Waals surface area contributed by atoms with E-state index in [0.717, 1.165) is 19.3 Å². The van der Waals surface area contributed by atoms with Crippen molar-refractivity contribution < 1.29 is 9.72 Å². The number of nitro groups is 1. The number of hydrazine groups is 1. The minimum Gasteiger partial charge on any atom is -0.294 e. The maximum atomic E-state index is 10.9. The molecule has 0 radical (unpaired) electrons. The summed E-state index contributed by atoms with van der Waals surface area (Å²) in [5, 5.41) is 15.0. The number of aryl methyl sites for hydroxylation is 2. The lowest BCUT2D eigenvalue weighted by Gasteiger charge is -2.03. The van der Waals surface area contributed by atoms with Crippen molar-refractivity contribution in [1.82, 2.24) is 15.2 Å². The second kappa shape index (κ2) is 6.83. The van der Waals surface area contributed by atoms with Crippen LogP contribution in [0.4, 0.5) is 5.69 Å². The Morgan fingerprint density at radius 3 is 2.63 bits per heavy atom. The lowest BCUT2D eigenvalue weighted by molar-refractivity contribution is -0.386. The summed E-state index contributed by atoms with van der Waals surface area (Å²) in [5.41, 5.74) is 3.17. The molecule has 0 unspecified atom stereocenters. The smallest absolute Gasteiger partial charge is 0.294 e. The van der Waals surface area contributed by atoms with Crippen LogP contribution in [0.5, 0.6) is 0 Å². The van der Waals surface area contributed by atoms with Gasteiger partial charge >= 0.3 is 5.69 Å². The van der Waals surface area contributed by atoms with Gasteiger partial charge in [0.05, 0.1) is 4.92 Å². The third kappa shape index (κ3) is 4.02. The van der Waals surface area contributed by atoms with Crippen molar-refractivity contribution in [1.29, 1.82) is 0 Å². The van der Waals surface area contributed by atoms with Crippen LogP contribution in [0, 0.1) is 24.0 Å². The van der Waals surface area contributed by atoms with Crippen molar-refractivity contribution in [2.24, 2.45) is 5.84 Å². The third-order valence-electron chi connectivity index (χ3n) is 2.96. The van der Waals surface area contributed by atoms with Crippen molar-refractivity contribution in [3.05, 3.63) is 21.5 Å². The maximum Gasteiger partial charge on any atom is 0.312 e. The monoisotopic (exact) mass is 269 g/mol. The summed E-state index contributed by atoms with van der Waals surface area (Å²) in [5.74, 6) is 4.79. The first kappa shape index (κ1) is 15.1. The van der Waals surface area contributed by atoms with Gasteiger partial charge in [-0.1, -0.05) is 6.42 Å². The van der Waals surface area contributed by atoms with Gasteiger partial charge < -0.3 is 0 Å². The first-order valence-electron chi connectivity index (χ1n) is 6.15. The number of rotatable bonds is 7. The van der Waals surface area contributed by atoms with E-state index < -0.39 is 4.92 Å². The van der Waals surface area contributed by atoms with E-state index in [-0.39, 0.29) is 11.6 Å². The average Bonchev–Trinajstić information content (AvgIpc) is 2.63. The molecule has 0 aliphatic rings. The van der Waals surface area contributed by atoms with Crippen molar-refractivity contribution >= 4 is 11.6 Å². The Labute approximate surface area is 111 Å². The molecule has 0 atom stereocenters. The number of aromatic nitrogens is 2. The van der Waals surface area contributed by atoms with Crippen molar-refractivity contribution in [3.8, 4) is 0 Å². The Morgan fingerprint density at radius 2 is 2.11 bits per heavy atom. The largest absolute Gasteiger partial charge is 0.312 e. The number of unbranched alkanes of at least 4 members (excludes halogenated alkanes) is 2. The van der Waals surface area contributed by atoms with Crippen LogP contribution >= 0.6 is 0 Å². The number of amides is 1. The Balaban J connectivity index is 2.44. The Kier molecular flexibility index (Phi) is 5.43. The van der Waals surface area contributed by atoms with Gasteiger partial charge in [-0.25, -0.2) is 5.84 Å². The highest BCUT2D eigenvalue weighted by Gasteiger charge is 2.21. The molecule has 8 nitrogen and oxygen atoms in total. The fraction of sp³-hybridized carbons (Fsp3) is 0.636. The number of nitrogens with zero attached hydrogens (tertiary/aromatic N) is 3. The minimum atomic E-state index is -0.403. The molecule has 19 heavy (non-hydrogen) atoms. The molecule has 1 aromatic rings. The van der Waals surface area contributed by atoms with E-state index in [1.54, 1.807) is 18.5 Å². The lowest BCUT2D eigenvalue weighted by Crippen LogP contribution is -2.29. The number of nitrogens with one attached hydrogen (secondary N) is 1. The predicted octanol–water partition coefficient (Wildman–Crippen LogP) is 0.958. The molecule has 1 rings (SSSR count). The molecular formula is C11H19N5O3. The Morgan fingerprint density at radius 1 is 1.42 bits per heavy atom. The van der Waals surface area contributed by atoms with Crippen LogP contribution in [0.3, 0.4) is 0 Å². The van der Waals surface area contributed by atoms with Gasteiger partial charge in [0.15, 0.2) is 0 Å². The quantitative estimate of drug-likeness (QED) is 0.251. The van der Waals surface area contributed by atoms with Gasteiger partial charge in [0.2, 0.25) is 5.91 Å². The molecule has 0 fully saturated rings. The molecule has 0 spiro atoms. The second-order valence-electron chi connectivity index (χ2n) is 4.38. The topological polar surface area (TPSA) is 116 Å². The Hall–Kier alpha value is -1.96. The zero-order chi connectivity index (χ0) is 14.4. The standard InChI is InChI=1S/C11H19N5O3/c1-8-11(16(18)19)9(2)15(14-8)7-5-3-4-6-10(17)13-12/h3-7,12H2,1-2H3,(H,13,17). The number of carbonyl (C=O) groups excluding carboxylic acids is 1. The fourth-order valence-corrected chi connectivity index (χ4v) is 1.97. The van der Waals surface area contributed by atoms with Gasteiger partial charge in [-0.15, -0.1) is 0 Å². The fourth-order valence-electron chi connectivity index (χ4n) is 1.97. The first-order chi connectivity index (χ1) is 8.97. The molecule has 1 amide bonds. The second-order valence-corrected chi connectivity index (χ2v) is 4.38. The molecule has 1 aromatic heterocycles. The summed E-state index contributed by atoms with van der Waals surface area (Å²) in [4.78, 5) is 21.3. The van der Waals surface area contributed by atoms with E-state index >= 15 is 0 Å². The SMILES string of the molecule is Cc1nn(CCCCCC(=O)NN)c(C)c1[N+](=O)[O-]. The molecule has 1 heterocycles. The number of hydrogen-bond acceptors (Lipinski definition) is 5. The molecule has 0 aromatic carbocycles. The number of hydrogen-bond donors (Lipinski definition) is 2. The molecule has 106 valence electrons. The van der Waals surface area contributed by atoms with Crippen molar-refractivity contribution in [2.75, 3.05) is 0 Å². The highest BCUT2D eigenvalue weighted by atomic mass is 16.6. The molecular weight excluding hydrogens is 250 g/mol. The zero-order valence-electron chi connectivity index (χ0n) is 11.2. The lowest BCUT2D eigenvalue weighted by atomic mass is 10.2. The van der Waals surface area contributed by atoms with E-state index in [9.17, 15) is 14.9 Å². The Bertz CT molecular complexity index is 469. The summed E-state index contributed by atoms with van der Waals surface area (Å²) in [7, 11) is 0. The number of nitrogens with two attached hydrogens (primary N) is 1. The predicted molar refractivity (Wildman–Crippen MR) is 69.2 cm³/mol. The highest BCUT2D eigenvalue weighted by Crippen LogP contribution is 2.22. The van der Waals surface area contributed by atoms with Gasteiger partial charge in [-0.3, -0.25) is 25.0 Å². The molecule has 0 aliphatic carbocycles. The van der Waals surface area contributed by atoms with Gasteiger partial charge in [-0.2, -0.15) is 5.10 Å². The summed E-state index contributed by atoms with van der Waals surface area (Å²) < 4.78 is 1.65. The molecule has 0 aliphatic heterocycles. The zero-order valence-corrected chi connectivity index (χ0v) is 11.2. The van der Waals surface area contributed by atoms with Crippen LogP contribution in [-0.2, 0) is 11.3 Å². The molecule has 3 N–H and O–H groups in total. The molecule has 8 heteroatoms. The van der Waals surface area contributed by atoms with Gasteiger partial charge in [-0.05, 0) is 26.7 Å². The van der Waals surface area contributed by atoms with Crippen LogP contribution < -0.4 is 11.3 Å². The minimum absolute atomic E-state index is 0.0857. The summed E-state index contributed by atoms with van der Waals surface area (Å²) in [6.07, 6.45) is 2.80. The van der Waals surface area contributed by atoms with Crippen LogP contribution in [0.25, 0.3) is 0 Å². The van der Waals surface area contributed by atoms with E-state index in [2.05, 4.69) is 10.5 Å².